The maximum Gasteiger partial charge on any atom is 0.301 e. The minimum atomic E-state index is -1.16. The first kappa shape index (κ1) is 22.3. The largest absolute Gasteiger partial charge is 0.505 e. The maximum absolute atomic E-state index is 13.3. The van der Waals surface area contributed by atoms with Crippen LogP contribution in [0, 0.1) is 30.9 Å². The number of aliphatic hydroxyl groups is 1. The number of hydrogen-bond acceptors (Lipinski definition) is 9. The van der Waals surface area contributed by atoms with Crippen LogP contribution in [0.25, 0.3) is 11.4 Å². The summed E-state index contributed by atoms with van der Waals surface area (Å²) in [4.78, 5) is 43.0. The number of carbonyl (C=O) groups is 2. The number of non-ortho nitro benzene ring substituents is 1. The van der Waals surface area contributed by atoms with Gasteiger partial charge in [-0.3, -0.25) is 24.6 Å². The molecule has 5 rings (SSSR count). The molecule has 3 aromatic heterocycles. The molecule has 4 heterocycles. The summed E-state index contributed by atoms with van der Waals surface area (Å²) in [5, 5.41) is 31.5. The Morgan fingerprint density at radius 1 is 1.14 bits per heavy atom. The lowest BCUT2D eigenvalue weighted by Gasteiger charge is -2.22. The quantitative estimate of drug-likeness (QED) is 0.150. The third kappa shape index (κ3) is 3.46. The fourth-order valence-corrected chi connectivity index (χ4v) is 4.93. The van der Waals surface area contributed by atoms with Gasteiger partial charge in [-0.1, -0.05) is 29.5 Å². The topological polar surface area (TPSA) is 144 Å². The molecule has 1 aromatic carbocycles. The van der Waals surface area contributed by atoms with Crippen LogP contribution in [-0.2, 0) is 9.59 Å². The zero-order valence-electron chi connectivity index (χ0n) is 18.8. The van der Waals surface area contributed by atoms with Gasteiger partial charge in [0.25, 0.3) is 11.5 Å². The molecule has 12 heteroatoms. The van der Waals surface area contributed by atoms with Crippen molar-refractivity contribution in [1.29, 1.82) is 0 Å². The summed E-state index contributed by atoms with van der Waals surface area (Å²) in [6.45, 7) is 5.30. The second-order valence-corrected chi connectivity index (χ2v) is 9.22. The van der Waals surface area contributed by atoms with Crippen LogP contribution in [-0.4, -0.2) is 41.3 Å². The molecule has 1 atom stereocenters. The van der Waals surface area contributed by atoms with Gasteiger partial charge in [0.2, 0.25) is 5.13 Å². The predicted octanol–water partition coefficient (Wildman–Crippen LogP) is 3.65. The van der Waals surface area contributed by atoms with E-state index in [4.69, 9.17) is 0 Å². The molecule has 0 spiro atoms. The Morgan fingerprint density at radius 3 is 2.57 bits per heavy atom. The first-order valence-corrected chi connectivity index (χ1v) is 11.3. The number of aromatic nitrogens is 4. The standard InChI is InChI=1S/C23H18N6O5S/c1-11-6-5-9-27-12(2)17(24-21(11)27)19(30)16-18(14-7-4-8-15(10-14)29(33)34)28(22(32)20(16)31)23-26-25-13(3)35-23/h4-10,18,30H,1-3H3. The number of pyridine rings is 1. The third-order valence-electron chi connectivity index (χ3n) is 5.87. The molecule has 4 aromatic rings. The Balaban J connectivity index is 1.78. The number of carbonyl (C=O) groups excluding carboxylic acids is 2. The summed E-state index contributed by atoms with van der Waals surface area (Å²) in [5.74, 6) is -2.33. The van der Waals surface area contributed by atoms with Gasteiger partial charge in [0.1, 0.15) is 16.3 Å². The number of nitrogens with zero attached hydrogens (tertiary/aromatic N) is 6. The Bertz CT molecular complexity index is 1590. The Morgan fingerprint density at radius 2 is 1.91 bits per heavy atom. The van der Waals surface area contributed by atoms with Gasteiger partial charge in [-0.15, -0.1) is 10.2 Å². The zero-order valence-corrected chi connectivity index (χ0v) is 19.6. The number of benzene rings is 1. The first-order valence-electron chi connectivity index (χ1n) is 10.5. The van der Waals surface area contributed by atoms with Crippen molar-refractivity contribution in [3.05, 3.63) is 85.8 Å². The molecule has 0 saturated carbocycles. The van der Waals surface area contributed by atoms with E-state index in [1.54, 1.807) is 30.5 Å². The Labute approximate surface area is 202 Å². The molecule has 1 amide bonds. The van der Waals surface area contributed by atoms with Crippen molar-refractivity contribution in [1.82, 2.24) is 19.6 Å². The predicted molar refractivity (Wildman–Crippen MR) is 127 cm³/mol. The molecule has 1 aliphatic heterocycles. The number of nitro benzene ring substituents is 1. The smallest absolute Gasteiger partial charge is 0.301 e. The summed E-state index contributed by atoms with van der Waals surface area (Å²) < 4.78 is 1.77. The van der Waals surface area contributed by atoms with Gasteiger partial charge in [0.05, 0.1) is 22.2 Å². The second-order valence-electron chi connectivity index (χ2n) is 8.06. The Kier molecular flexibility index (Phi) is 5.17. The van der Waals surface area contributed by atoms with Crippen molar-refractivity contribution in [2.75, 3.05) is 4.90 Å². The van der Waals surface area contributed by atoms with Crippen LogP contribution < -0.4 is 4.90 Å². The number of aliphatic hydroxyl groups excluding tert-OH is 1. The van der Waals surface area contributed by atoms with Crippen molar-refractivity contribution >= 4 is 45.3 Å². The number of hydrogen-bond donors (Lipinski definition) is 1. The number of aryl methyl sites for hydroxylation is 3. The molecule has 1 unspecified atom stereocenters. The van der Waals surface area contributed by atoms with Gasteiger partial charge in [-0.05, 0) is 38.0 Å². The van der Waals surface area contributed by atoms with Gasteiger partial charge in [0, 0.05) is 18.3 Å². The van der Waals surface area contributed by atoms with E-state index >= 15 is 0 Å². The molecular formula is C23H18N6O5S. The number of anilines is 1. The van der Waals surface area contributed by atoms with Crippen LogP contribution in [0.2, 0.25) is 0 Å². The number of imidazole rings is 1. The molecular weight excluding hydrogens is 472 g/mol. The van der Waals surface area contributed by atoms with Gasteiger partial charge in [0.15, 0.2) is 5.76 Å². The molecule has 1 saturated heterocycles. The summed E-state index contributed by atoms with van der Waals surface area (Å²) >= 11 is 1.09. The van der Waals surface area contributed by atoms with Crippen LogP contribution in [0.15, 0.2) is 48.2 Å². The van der Waals surface area contributed by atoms with E-state index < -0.39 is 28.4 Å². The highest BCUT2D eigenvalue weighted by Gasteiger charge is 2.49. The third-order valence-corrected chi connectivity index (χ3v) is 6.71. The van der Waals surface area contributed by atoms with E-state index in [0.717, 1.165) is 21.8 Å². The molecule has 0 bridgehead atoms. The molecule has 11 nitrogen and oxygen atoms in total. The number of nitro groups is 1. The lowest BCUT2D eigenvalue weighted by atomic mass is 9.96. The SMILES string of the molecule is Cc1nnc(N2C(=O)C(=O)C(=C(O)c3nc4c(C)cccn4c3C)C2c2cccc([N+](=O)[O-])c2)s1. The van der Waals surface area contributed by atoms with Crippen molar-refractivity contribution in [3.8, 4) is 0 Å². The van der Waals surface area contributed by atoms with Crippen molar-refractivity contribution in [2.45, 2.75) is 26.8 Å². The highest BCUT2D eigenvalue weighted by molar-refractivity contribution is 7.15. The van der Waals surface area contributed by atoms with Gasteiger partial charge in [-0.2, -0.15) is 0 Å². The van der Waals surface area contributed by atoms with E-state index in [-0.39, 0.29) is 27.6 Å². The zero-order chi connectivity index (χ0) is 25.0. The van der Waals surface area contributed by atoms with Crippen molar-refractivity contribution < 1.29 is 19.6 Å². The maximum atomic E-state index is 13.3. The summed E-state index contributed by atoms with van der Waals surface area (Å²) in [5.41, 5.74) is 1.97. The van der Waals surface area contributed by atoms with Gasteiger partial charge >= 0.3 is 5.91 Å². The van der Waals surface area contributed by atoms with E-state index in [9.17, 15) is 24.8 Å². The van der Waals surface area contributed by atoms with E-state index in [1.807, 2.05) is 19.1 Å². The number of rotatable bonds is 4. The number of ketones is 1. The molecule has 1 aliphatic rings. The van der Waals surface area contributed by atoms with Crippen molar-refractivity contribution in [3.63, 3.8) is 0 Å². The van der Waals surface area contributed by atoms with Crippen LogP contribution in [0.4, 0.5) is 10.8 Å². The van der Waals surface area contributed by atoms with E-state index in [2.05, 4.69) is 15.2 Å². The summed E-state index contributed by atoms with van der Waals surface area (Å²) in [7, 11) is 0. The first-order chi connectivity index (χ1) is 16.7. The fourth-order valence-electron chi connectivity index (χ4n) is 4.21. The molecule has 0 radical (unpaired) electrons. The van der Waals surface area contributed by atoms with Gasteiger partial charge < -0.3 is 9.51 Å². The highest BCUT2D eigenvalue weighted by atomic mass is 32.1. The average Bonchev–Trinajstić information content (AvgIpc) is 3.49. The van der Waals surface area contributed by atoms with Crippen LogP contribution >= 0.6 is 11.3 Å². The number of Topliss-reactive ketones (excluding diaryl/α,β-unsaturated/α-hetero) is 1. The molecule has 176 valence electrons. The van der Waals surface area contributed by atoms with Crippen LogP contribution in [0.3, 0.4) is 0 Å². The minimum absolute atomic E-state index is 0.140. The van der Waals surface area contributed by atoms with Crippen LogP contribution in [0.5, 0.6) is 0 Å². The molecule has 1 fully saturated rings. The summed E-state index contributed by atoms with van der Waals surface area (Å²) in [6, 6.07) is 8.13. The lowest BCUT2D eigenvalue weighted by Crippen LogP contribution is -2.29. The molecule has 1 N–H and O–H groups in total. The molecule has 0 aliphatic carbocycles. The molecule has 35 heavy (non-hydrogen) atoms. The monoisotopic (exact) mass is 490 g/mol. The Hall–Kier alpha value is -4.45. The number of amides is 1. The second kappa shape index (κ2) is 8.09. The van der Waals surface area contributed by atoms with E-state index in [0.29, 0.717) is 16.3 Å². The van der Waals surface area contributed by atoms with Crippen molar-refractivity contribution in [2.24, 2.45) is 0 Å². The number of fused-ring (bicyclic) bond motifs is 1. The normalized spacial score (nSPS) is 17.5. The van der Waals surface area contributed by atoms with E-state index in [1.165, 1.54) is 18.2 Å². The minimum Gasteiger partial charge on any atom is -0.505 e. The average molecular weight is 491 g/mol. The van der Waals surface area contributed by atoms with Gasteiger partial charge in [-0.25, -0.2) is 4.98 Å². The van der Waals surface area contributed by atoms with Crippen LogP contribution in [0.1, 0.15) is 33.6 Å². The highest BCUT2D eigenvalue weighted by Crippen LogP contribution is 2.43. The summed E-state index contributed by atoms with van der Waals surface area (Å²) in [6.07, 6.45) is 1.78. The fraction of sp³-hybridized carbons (Fsp3) is 0.174. The lowest BCUT2D eigenvalue weighted by molar-refractivity contribution is -0.384.